The first kappa shape index (κ1) is 16.3. The Labute approximate surface area is 133 Å². The number of benzene rings is 2. The van der Waals surface area contributed by atoms with Gasteiger partial charge in [0.1, 0.15) is 0 Å². The predicted octanol–water partition coefficient (Wildman–Crippen LogP) is 4.10. The Hall–Kier alpha value is -2.11. The van der Waals surface area contributed by atoms with Gasteiger partial charge in [-0.15, -0.1) is 0 Å². The lowest BCUT2D eigenvalue weighted by molar-refractivity contribution is 0.471. The van der Waals surface area contributed by atoms with Gasteiger partial charge in [0.25, 0.3) is 0 Å². The van der Waals surface area contributed by atoms with Gasteiger partial charge in [0.2, 0.25) is 0 Å². The molecule has 0 heterocycles. The molecule has 0 bridgehead atoms. The number of aryl methyl sites for hydroxylation is 1. The van der Waals surface area contributed by atoms with E-state index in [-0.39, 0.29) is 0 Å². The SMILES string of the molecule is CCC(CCc1ccc(C#N)cc1)NCCc1ccccc1. The van der Waals surface area contributed by atoms with E-state index in [1.807, 2.05) is 12.1 Å². The van der Waals surface area contributed by atoms with Crippen LogP contribution in [-0.2, 0) is 12.8 Å². The first-order chi connectivity index (χ1) is 10.8. The Morgan fingerprint density at radius 2 is 1.64 bits per heavy atom. The molecule has 1 N–H and O–H groups in total. The maximum atomic E-state index is 8.82. The molecule has 0 saturated carbocycles. The summed E-state index contributed by atoms with van der Waals surface area (Å²) in [4.78, 5) is 0. The summed E-state index contributed by atoms with van der Waals surface area (Å²) in [6.45, 7) is 3.26. The van der Waals surface area contributed by atoms with Crippen molar-refractivity contribution in [1.82, 2.24) is 5.32 Å². The summed E-state index contributed by atoms with van der Waals surface area (Å²) in [6.07, 6.45) is 4.42. The second kappa shape index (κ2) is 9.02. The zero-order valence-corrected chi connectivity index (χ0v) is 13.3. The van der Waals surface area contributed by atoms with Crippen molar-refractivity contribution >= 4 is 0 Å². The summed E-state index contributed by atoms with van der Waals surface area (Å²) < 4.78 is 0. The fourth-order valence-electron chi connectivity index (χ4n) is 2.60. The largest absolute Gasteiger partial charge is 0.314 e. The van der Waals surface area contributed by atoms with Crippen LogP contribution in [0.1, 0.15) is 36.5 Å². The van der Waals surface area contributed by atoms with E-state index < -0.39 is 0 Å². The number of hydrogen-bond acceptors (Lipinski definition) is 2. The Kier molecular flexibility index (Phi) is 6.67. The van der Waals surface area contributed by atoms with Gasteiger partial charge in [-0.2, -0.15) is 5.26 Å². The minimum Gasteiger partial charge on any atom is -0.314 e. The van der Waals surface area contributed by atoms with E-state index in [2.05, 4.69) is 60.8 Å². The van der Waals surface area contributed by atoms with Crippen molar-refractivity contribution in [3.8, 4) is 6.07 Å². The quantitative estimate of drug-likeness (QED) is 0.795. The van der Waals surface area contributed by atoms with Crippen molar-refractivity contribution in [2.45, 2.75) is 38.6 Å². The van der Waals surface area contributed by atoms with Crippen molar-refractivity contribution < 1.29 is 0 Å². The van der Waals surface area contributed by atoms with Crippen LogP contribution in [0.15, 0.2) is 54.6 Å². The lowest BCUT2D eigenvalue weighted by Gasteiger charge is -2.17. The number of hydrogen-bond donors (Lipinski definition) is 1. The summed E-state index contributed by atoms with van der Waals surface area (Å²) in [7, 11) is 0. The number of nitrogens with one attached hydrogen (secondary N) is 1. The molecule has 2 nitrogen and oxygen atoms in total. The Balaban J connectivity index is 1.73. The van der Waals surface area contributed by atoms with Crippen LogP contribution in [0.5, 0.6) is 0 Å². The molecular formula is C20H24N2. The molecule has 2 aromatic carbocycles. The molecular weight excluding hydrogens is 268 g/mol. The van der Waals surface area contributed by atoms with Crippen molar-refractivity contribution in [3.63, 3.8) is 0 Å². The molecule has 2 heteroatoms. The maximum absolute atomic E-state index is 8.82. The molecule has 0 fully saturated rings. The maximum Gasteiger partial charge on any atom is 0.0991 e. The van der Waals surface area contributed by atoms with Crippen molar-refractivity contribution in [1.29, 1.82) is 5.26 Å². The summed E-state index contributed by atoms with van der Waals surface area (Å²) >= 11 is 0. The van der Waals surface area contributed by atoms with Gasteiger partial charge >= 0.3 is 0 Å². The first-order valence-corrected chi connectivity index (χ1v) is 8.08. The minimum atomic E-state index is 0.555. The highest BCUT2D eigenvalue weighted by atomic mass is 14.9. The molecule has 0 radical (unpaired) electrons. The molecule has 1 atom stereocenters. The smallest absolute Gasteiger partial charge is 0.0991 e. The topological polar surface area (TPSA) is 35.8 Å². The highest BCUT2D eigenvalue weighted by Gasteiger charge is 2.06. The van der Waals surface area contributed by atoms with Crippen LogP contribution in [0.4, 0.5) is 0 Å². The monoisotopic (exact) mass is 292 g/mol. The number of nitrogens with zero attached hydrogens (tertiary/aromatic N) is 1. The summed E-state index contributed by atoms with van der Waals surface area (Å²) in [6, 6.07) is 21.3. The standard InChI is InChI=1S/C20H24N2/c1-2-20(22-15-14-17-6-4-3-5-7-17)13-12-18-8-10-19(16-21)11-9-18/h3-11,20,22H,2,12-15H2,1H3. The van der Waals surface area contributed by atoms with E-state index in [9.17, 15) is 0 Å². The van der Waals surface area contributed by atoms with Gasteiger partial charge in [-0.1, -0.05) is 49.4 Å². The highest BCUT2D eigenvalue weighted by Crippen LogP contribution is 2.09. The van der Waals surface area contributed by atoms with E-state index in [0.717, 1.165) is 37.8 Å². The fourth-order valence-corrected chi connectivity index (χ4v) is 2.60. The summed E-state index contributed by atoms with van der Waals surface area (Å²) in [5.74, 6) is 0. The second-order valence-corrected chi connectivity index (χ2v) is 5.64. The van der Waals surface area contributed by atoms with E-state index in [4.69, 9.17) is 5.26 Å². The van der Waals surface area contributed by atoms with Gasteiger partial charge in [0, 0.05) is 6.04 Å². The zero-order valence-electron chi connectivity index (χ0n) is 13.3. The minimum absolute atomic E-state index is 0.555. The molecule has 0 aliphatic carbocycles. The lowest BCUT2D eigenvalue weighted by Crippen LogP contribution is -2.30. The van der Waals surface area contributed by atoms with Gasteiger partial charge in [-0.05, 0) is 55.5 Å². The highest BCUT2D eigenvalue weighted by molar-refractivity contribution is 5.31. The van der Waals surface area contributed by atoms with Crippen LogP contribution < -0.4 is 5.32 Å². The van der Waals surface area contributed by atoms with E-state index in [1.165, 1.54) is 11.1 Å². The molecule has 0 aliphatic heterocycles. The van der Waals surface area contributed by atoms with Crippen LogP contribution in [0, 0.1) is 11.3 Å². The van der Waals surface area contributed by atoms with Gasteiger partial charge in [-0.25, -0.2) is 0 Å². The normalized spacial score (nSPS) is 11.8. The molecule has 0 amide bonds. The Morgan fingerprint density at radius 3 is 2.27 bits per heavy atom. The lowest BCUT2D eigenvalue weighted by atomic mass is 10.0. The van der Waals surface area contributed by atoms with Crippen LogP contribution >= 0.6 is 0 Å². The zero-order chi connectivity index (χ0) is 15.6. The fraction of sp³-hybridized carbons (Fsp3) is 0.350. The molecule has 0 saturated heterocycles. The van der Waals surface area contributed by atoms with Crippen molar-refractivity contribution in [2.24, 2.45) is 0 Å². The number of rotatable bonds is 8. The van der Waals surface area contributed by atoms with Crippen LogP contribution in [0.2, 0.25) is 0 Å². The molecule has 1 unspecified atom stereocenters. The third kappa shape index (κ3) is 5.35. The molecule has 2 aromatic rings. The number of nitriles is 1. The van der Waals surface area contributed by atoms with Gasteiger partial charge in [0.15, 0.2) is 0 Å². The third-order valence-electron chi connectivity index (χ3n) is 4.05. The molecule has 0 spiro atoms. The molecule has 0 aliphatic rings. The van der Waals surface area contributed by atoms with Gasteiger partial charge in [-0.3, -0.25) is 0 Å². The van der Waals surface area contributed by atoms with E-state index in [1.54, 1.807) is 0 Å². The Morgan fingerprint density at radius 1 is 0.955 bits per heavy atom. The van der Waals surface area contributed by atoms with E-state index >= 15 is 0 Å². The van der Waals surface area contributed by atoms with E-state index in [0.29, 0.717) is 6.04 Å². The average Bonchev–Trinajstić information content (AvgIpc) is 2.59. The molecule has 0 aromatic heterocycles. The average molecular weight is 292 g/mol. The molecule has 114 valence electrons. The third-order valence-corrected chi connectivity index (χ3v) is 4.05. The predicted molar refractivity (Wildman–Crippen MR) is 91.7 cm³/mol. The van der Waals surface area contributed by atoms with Crippen LogP contribution in [-0.4, -0.2) is 12.6 Å². The molecule has 2 rings (SSSR count). The molecule has 22 heavy (non-hydrogen) atoms. The summed E-state index contributed by atoms with van der Waals surface area (Å²) in [5.41, 5.74) is 3.43. The van der Waals surface area contributed by atoms with Crippen LogP contribution in [0.3, 0.4) is 0 Å². The van der Waals surface area contributed by atoms with Gasteiger partial charge < -0.3 is 5.32 Å². The van der Waals surface area contributed by atoms with Crippen molar-refractivity contribution in [2.75, 3.05) is 6.54 Å². The Bertz CT molecular complexity index is 581. The second-order valence-electron chi connectivity index (χ2n) is 5.64. The van der Waals surface area contributed by atoms with Gasteiger partial charge in [0.05, 0.1) is 11.6 Å². The van der Waals surface area contributed by atoms with Crippen LogP contribution in [0.25, 0.3) is 0 Å². The van der Waals surface area contributed by atoms with Crippen molar-refractivity contribution in [3.05, 3.63) is 71.3 Å². The summed E-state index contributed by atoms with van der Waals surface area (Å²) in [5, 5.41) is 12.5. The first-order valence-electron chi connectivity index (χ1n) is 8.08.